The van der Waals surface area contributed by atoms with Crippen molar-refractivity contribution in [2.75, 3.05) is 27.2 Å². The molecule has 0 aromatic rings. The molecule has 1 atom stereocenters. The van der Waals surface area contributed by atoms with Gasteiger partial charge in [-0.3, -0.25) is 4.79 Å². The van der Waals surface area contributed by atoms with Gasteiger partial charge in [0.2, 0.25) is 5.91 Å². The summed E-state index contributed by atoms with van der Waals surface area (Å²) in [5, 5.41) is 0. The molecular weight excluding hydrogens is 198 g/mol. The number of carbonyl (C=O) groups is 1. The van der Waals surface area contributed by atoms with Crippen molar-refractivity contribution in [2.24, 2.45) is 5.73 Å². The standard InChI is InChI=1S/C9H17N3OS/c1-11(2)7-3-4-12(6-7)9(13)5-8(10)14/h7H,3-6H2,1-2H3,(H2,10,14). The molecule has 4 nitrogen and oxygen atoms in total. The van der Waals surface area contributed by atoms with Gasteiger partial charge in [0, 0.05) is 19.1 Å². The molecule has 1 amide bonds. The summed E-state index contributed by atoms with van der Waals surface area (Å²) in [6.45, 7) is 1.62. The first-order chi connectivity index (χ1) is 6.50. The predicted octanol–water partition coefficient (Wildman–Crippen LogP) is -0.175. The van der Waals surface area contributed by atoms with E-state index in [0.29, 0.717) is 6.04 Å². The number of hydrogen-bond acceptors (Lipinski definition) is 3. The number of rotatable bonds is 3. The van der Waals surface area contributed by atoms with Crippen molar-refractivity contribution in [3.8, 4) is 0 Å². The fraction of sp³-hybridized carbons (Fsp3) is 0.778. The first kappa shape index (κ1) is 11.4. The van der Waals surface area contributed by atoms with Crippen LogP contribution in [0.25, 0.3) is 0 Å². The third kappa shape index (κ3) is 2.92. The van der Waals surface area contributed by atoms with Crippen molar-refractivity contribution in [3.63, 3.8) is 0 Å². The molecule has 0 aromatic heterocycles. The Labute approximate surface area is 90.0 Å². The van der Waals surface area contributed by atoms with E-state index >= 15 is 0 Å². The van der Waals surface area contributed by atoms with Crippen molar-refractivity contribution in [1.29, 1.82) is 0 Å². The first-order valence-corrected chi connectivity index (χ1v) is 5.14. The van der Waals surface area contributed by atoms with E-state index in [0.717, 1.165) is 19.5 Å². The van der Waals surface area contributed by atoms with E-state index in [-0.39, 0.29) is 17.3 Å². The van der Waals surface area contributed by atoms with E-state index in [2.05, 4.69) is 4.90 Å². The molecule has 1 heterocycles. The van der Waals surface area contributed by atoms with Gasteiger partial charge in [-0.05, 0) is 20.5 Å². The van der Waals surface area contributed by atoms with E-state index in [1.54, 1.807) is 0 Å². The molecule has 0 bridgehead atoms. The largest absolute Gasteiger partial charge is 0.393 e. The molecule has 1 saturated heterocycles. The molecular formula is C9H17N3OS. The van der Waals surface area contributed by atoms with Crippen LogP contribution in [-0.2, 0) is 4.79 Å². The second kappa shape index (κ2) is 4.70. The number of amides is 1. The summed E-state index contributed by atoms with van der Waals surface area (Å²) in [5.41, 5.74) is 5.33. The van der Waals surface area contributed by atoms with Crippen molar-refractivity contribution in [3.05, 3.63) is 0 Å². The highest BCUT2D eigenvalue weighted by Gasteiger charge is 2.27. The van der Waals surface area contributed by atoms with E-state index in [9.17, 15) is 4.79 Å². The molecule has 1 fully saturated rings. The maximum atomic E-state index is 11.6. The number of carbonyl (C=O) groups excluding carboxylic acids is 1. The Balaban J connectivity index is 2.41. The van der Waals surface area contributed by atoms with Crippen LogP contribution in [0.4, 0.5) is 0 Å². The molecule has 0 aliphatic carbocycles. The zero-order chi connectivity index (χ0) is 10.7. The minimum Gasteiger partial charge on any atom is -0.393 e. The maximum Gasteiger partial charge on any atom is 0.229 e. The van der Waals surface area contributed by atoms with Crippen molar-refractivity contribution in [1.82, 2.24) is 9.80 Å². The van der Waals surface area contributed by atoms with Crippen LogP contribution in [0.3, 0.4) is 0 Å². The third-order valence-electron chi connectivity index (χ3n) is 2.57. The number of hydrogen-bond donors (Lipinski definition) is 1. The van der Waals surface area contributed by atoms with Gasteiger partial charge < -0.3 is 15.5 Å². The quantitative estimate of drug-likeness (QED) is 0.664. The molecule has 0 spiro atoms. The molecule has 5 heteroatoms. The van der Waals surface area contributed by atoms with Gasteiger partial charge in [-0.2, -0.15) is 0 Å². The fourth-order valence-electron chi connectivity index (χ4n) is 1.65. The van der Waals surface area contributed by atoms with Gasteiger partial charge in [-0.25, -0.2) is 0 Å². The zero-order valence-electron chi connectivity index (χ0n) is 8.69. The van der Waals surface area contributed by atoms with E-state index in [1.165, 1.54) is 0 Å². The lowest BCUT2D eigenvalue weighted by atomic mass is 10.2. The molecule has 1 aliphatic rings. The normalized spacial score (nSPS) is 21.6. The molecule has 0 aromatic carbocycles. The number of nitrogens with two attached hydrogens (primary N) is 1. The Bertz CT molecular complexity index is 242. The molecule has 14 heavy (non-hydrogen) atoms. The summed E-state index contributed by atoms with van der Waals surface area (Å²) in [5.74, 6) is 0.0573. The molecule has 1 aliphatic heterocycles. The van der Waals surface area contributed by atoms with Gasteiger partial charge in [-0.15, -0.1) is 0 Å². The minimum absolute atomic E-state index is 0.0573. The highest BCUT2D eigenvalue weighted by Crippen LogP contribution is 2.13. The van der Waals surface area contributed by atoms with Crippen molar-refractivity contribution >= 4 is 23.1 Å². The van der Waals surface area contributed by atoms with E-state index < -0.39 is 0 Å². The smallest absolute Gasteiger partial charge is 0.229 e. The summed E-state index contributed by atoms with van der Waals surface area (Å²) in [4.78, 5) is 15.8. The van der Waals surface area contributed by atoms with Crippen LogP contribution in [0.5, 0.6) is 0 Å². The Morgan fingerprint density at radius 1 is 1.64 bits per heavy atom. The Hall–Kier alpha value is -0.680. The number of likely N-dealkylation sites (N-methyl/N-ethyl adjacent to an activating group) is 1. The lowest BCUT2D eigenvalue weighted by Gasteiger charge is -2.20. The van der Waals surface area contributed by atoms with Crippen molar-refractivity contribution in [2.45, 2.75) is 18.9 Å². The maximum absolute atomic E-state index is 11.6. The second-order valence-corrected chi connectivity index (χ2v) is 4.41. The SMILES string of the molecule is CN(C)C1CCN(C(=O)CC(N)=S)C1. The first-order valence-electron chi connectivity index (χ1n) is 4.73. The minimum atomic E-state index is 0.0573. The van der Waals surface area contributed by atoms with Gasteiger partial charge in [0.1, 0.15) is 0 Å². The molecule has 1 unspecified atom stereocenters. The summed E-state index contributed by atoms with van der Waals surface area (Å²) in [6.07, 6.45) is 1.24. The second-order valence-electron chi connectivity index (χ2n) is 3.89. The van der Waals surface area contributed by atoms with Crippen LogP contribution in [0, 0.1) is 0 Å². The van der Waals surface area contributed by atoms with Crippen LogP contribution in [-0.4, -0.2) is 53.9 Å². The van der Waals surface area contributed by atoms with E-state index in [4.69, 9.17) is 18.0 Å². The Kier molecular flexibility index (Phi) is 3.83. The van der Waals surface area contributed by atoms with Gasteiger partial charge >= 0.3 is 0 Å². The molecule has 2 N–H and O–H groups in total. The summed E-state index contributed by atoms with van der Waals surface area (Å²) >= 11 is 4.71. The zero-order valence-corrected chi connectivity index (χ0v) is 9.51. The van der Waals surface area contributed by atoms with Crippen LogP contribution in [0.2, 0.25) is 0 Å². The van der Waals surface area contributed by atoms with E-state index in [1.807, 2.05) is 19.0 Å². The van der Waals surface area contributed by atoms with Crippen LogP contribution < -0.4 is 5.73 Å². The molecule has 0 saturated carbocycles. The van der Waals surface area contributed by atoms with Gasteiger partial charge in [-0.1, -0.05) is 12.2 Å². The average Bonchev–Trinajstić information content (AvgIpc) is 2.50. The highest BCUT2D eigenvalue weighted by molar-refractivity contribution is 7.80. The molecule has 1 rings (SSSR count). The monoisotopic (exact) mass is 215 g/mol. The lowest BCUT2D eigenvalue weighted by molar-refractivity contribution is -0.128. The Morgan fingerprint density at radius 3 is 2.71 bits per heavy atom. The summed E-state index contributed by atoms with van der Waals surface area (Å²) in [6, 6.07) is 0.477. The molecule has 0 radical (unpaired) electrons. The highest BCUT2D eigenvalue weighted by atomic mass is 32.1. The van der Waals surface area contributed by atoms with Crippen LogP contribution in [0.1, 0.15) is 12.8 Å². The number of nitrogens with zero attached hydrogens (tertiary/aromatic N) is 2. The third-order valence-corrected chi connectivity index (χ3v) is 2.72. The van der Waals surface area contributed by atoms with Crippen LogP contribution in [0.15, 0.2) is 0 Å². The van der Waals surface area contributed by atoms with Gasteiger partial charge in [0.05, 0.1) is 11.4 Å². The Morgan fingerprint density at radius 2 is 2.29 bits per heavy atom. The molecule has 80 valence electrons. The van der Waals surface area contributed by atoms with Crippen LogP contribution >= 0.6 is 12.2 Å². The lowest BCUT2D eigenvalue weighted by Crippen LogP contribution is -2.35. The van der Waals surface area contributed by atoms with Gasteiger partial charge in [0.25, 0.3) is 0 Å². The number of likely N-dealkylation sites (tertiary alicyclic amines) is 1. The fourth-order valence-corrected chi connectivity index (χ4v) is 1.77. The van der Waals surface area contributed by atoms with Crippen molar-refractivity contribution < 1.29 is 4.79 Å². The average molecular weight is 215 g/mol. The topological polar surface area (TPSA) is 49.6 Å². The summed E-state index contributed by atoms with van der Waals surface area (Å²) < 4.78 is 0. The predicted molar refractivity (Wildman–Crippen MR) is 60.1 cm³/mol. The number of thiocarbonyl (C=S) groups is 1. The summed E-state index contributed by atoms with van der Waals surface area (Å²) in [7, 11) is 4.07. The van der Waals surface area contributed by atoms with Gasteiger partial charge in [0.15, 0.2) is 0 Å².